The van der Waals surface area contributed by atoms with E-state index in [1.807, 2.05) is 31.2 Å². The lowest BCUT2D eigenvalue weighted by Gasteiger charge is -2.09. The van der Waals surface area contributed by atoms with Gasteiger partial charge in [-0.05, 0) is 30.7 Å². The zero-order chi connectivity index (χ0) is 14.4. The van der Waals surface area contributed by atoms with Crippen LogP contribution in [0.4, 0.5) is 5.69 Å². The van der Waals surface area contributed by atoms with Crippen molar-refractivity contribution in [1.29, 1.82) is 0 Å². The van der Waals surface area contributed by atoms with Gasteiger partial charge in [0, 0.05) is 6.07 Å². The largest absolute Gasteiger partial charge is 0.497 e. The second-order valence-electron chi connectivity index (χ2n) is 4.11. The van der Waals surface area contributed by atoms with E-state index in [4.69, 9.17) is 19.9 Å². The number of ether oxygens (including phenoxy) is 3. The minimum atomic E-state index is 0.403. The quantitative estimate of drug-likeness (QED) is 0.877. The van der Waals surface area contributed by atoms with Gasteiger partial charge in [-0.1, -0.05) is 12.1 Å². The van der Waals surface area contributed by atoms with Gasteiger partial charge in [-0.2, -0.15) is 4.98 Å². The molecular weight excluding hydrogens is 256 g/mol. The van der Waals surface area contributed by atoms with Gasteiger partial charge in [0.1, 0.15) is 12.4 Å². The third kappa shape index (κ3) is 3.54. The van der Waals surface area contributed by atoms with Crippen LogP contribution in [0, 0.1) is 0 Å². The molecule has 1 aromatic carbocycles. The fourth-order valence-corrected chi connectivity index (χ4v) is 1.65. The molecule has 1 aromatic heterocycles. The van der Waals surface area contributed by atoms with Crippen molar-refractivity contribution in [3.05, 3.63) is 42.0 Å². The van der Waals surface area contributed by atoms with Gasteiger partial charge in [-0.25, -0.2) is 0 Å². The molecule has 0 fully saturated rings. The third-order valence-corrected chi connectivity index (χ3v) is 2.69. The number of methoxy groups -OCH3 is 1. The number of rotatable bonds is 6. The number of hydrogen-bond acceptors (Lipinski definition) is 5. The number of nitrogens with zero attached hydrogens (tertiary/aromatic N) is 1. The molecule has 0 aliphatic heterocycles. The Morgan fingerprint density at radius 2 is 1.80 bits per heavy atom. The maximum Gasteiger partial charge on any atom is 0.240 e. The zero-order valence-electron chi connectivity index (χ0n) is 11.6. The first kappa shape index (κ1) is 14.0. The molecule has 5 nitrogen and oxygen atoms in total. The summed E-state index contributed by atoms with van der Waals surface area (Å²) in [5, 5.41) is 0. The van der Waals surface area contributed by atoms with Crippen molar-refractivity contribution in [2.24, 2.45) is 0 Å². The van der Waals surface area contributed by atoms with Gasteiger partial charge in [0.2, 0.25) is 11.8 Å². The molecule has 0 aliphatic carbocycles. The van der Waals surface area contributed by atoms with E-state index in [1.165, 1.54) is 0 Å². The molecule has 0 atom stereocenters. The summed E-state index contributed by atoms with van der Waals surface area (Å²) in [5.41, 5.74) is 7.29. The Kier molecular flexibility index (Phi) is 4.65. The Morgan fingerprint density at radius 1 is 1.05 bits per heavy atom. The third-order valence-electron chi connectivity index (χ3n) is 2.69. The molecule has 2 aromatic rings. The predicted octanol–water partition coefficient (Wildman–Crippen LogP) is 2.65. The molecule has 2 rings (SSSR count). The van der Waals surface area contributed by atoms with Gasteiger partial charge in [-0.15, -0.1) is 0 Å². The van der Waals surface area contributed by atoms with E-state index in [9.17, 15) is 0 Å². The molecule has 1 heterocycles. The van der Waals surface area contributed by atoms with E-state index < -0.39 is 0 Å². The van der Waals surface area contributed by atoms with Crippen LogP contribution in [0.15, 0.2) is 36.4 Å². The number of anilines is 1. The van der Waals surface area contributed by atoms with Gasteiger partial charge >= 0.3 is 0 Å². The van der Waals surface area contributed by atoms with Crippen LogP contribution in [0.1, 0.15) is 12.5 Å². The topological polar surface area (TPSA) is 66.6 Å². The molecule has 0 bridgehead atoms. The second kappa shape index (κ2) is 6.65. The van der Waals surface area contributed by atoms with Gasteiger partial charge in [0.15, 0.2) is 0 Å². The summed E-state index contributed by atoms with van der Waals surface area (Å²) >= 11 is 0. The van der Waals surface area contributed by atoms with Crippen LogP contribution in [-0.2, 0) is 6.61 Å². The van der Waals surface area contributed by atoms with Crippen LogP contribution in [0.3, 0.4) is 0 Å². The number of pyridine rings is 1. The van der Waals surface area contributed by atoms with Crippen molar-refractivity contribution in [3.63, 3.8) is 0 Å². The number of hydrogen-bond donors (Lipinski definition) is 1. The zero-order valence-corrected chi connectivity index (χ0v) is 11.6. The molecule has 0 aliphatic rings. The smallest absolute Gasteiger partial charge is 0.240 e. The highest BCUT2D eigenvalue weighted by Crippen LogP contribution is 2.22. The molecule has 20 heavy (non-hydrogen) atoms. The average Bonchev–Trinajstić information content (AvgIpc) is 2.49. The number of aromatic nitrogens is 1. The molecule has 106 valence electrons. The Hall–Kier alpha value is -2.43. The predicted molar refractivity (Wildman–Crippen MR) is 77.1 cm³/mol. The lowest BCUT2D eigenvalue weighted by molar-refractivity contribution is 0.279. The van der Waals surface area contributed by atoms with Crippen molar-refractivity contribution in [2.45, 2.75) is 13.5 Å². The van der Waals surface area contributed by atoms with E-state index in [2.05, 4.69) is 4.98 Å². The first-order valence-electron chi connectivity index (χ1n) is 6.38. The van der Waals surface area contributed by atoms with E-state index in [0.717, 1.165) is 11.3 Å². The van der Waals surface area contributed by atoms with Gasteiger partial charge in [0.05, 0.1) is 19.4 Å². The second-order valence-corrected chi connectivity index (χ2v) is 4.11. The summed E-state index contributed by atoms with van der Waals surface area (Å²) in [7, 11) is 1.64. The van der Waals surface area contributed by atoms with Crippen molar-refractivity contribution < 1.29 is 14.2 Å². The Labute approximate surface area is 118 Å². The van der Waals surface area contributed by atoms with Crippen LogP contribution in [0.5, 0.6) is 17.5 Å². The van der Waals surface area contributed by atoms with Crippen molar-refractivity contribution in [2.75, 3.05) is 19.5 Å². The molecule has 0 saturated heterocycles. The SMILES string of the molecule is CCOc1nc(OCc2ccc(OC)cc2)ccc1N. The molecule has 0 amide bonds. The summed E-state index contributed by atoms with van der Waals surface area (Å²) < 4.78 is 16.1. The van der Waals surface area contributed by atoms with Crippen LogP contribution >= 0.6 is 0 Å². The highest BCUT2D eigenvalue weighted by Gasteiger charge is 2.05. The molecule has 0 saturated carbocycles. The summed E-state index contributed by atoms with van der Waals surface area (Å²) in [4.78, 5) is 4.22. The number of benzene rings is 1. The summed E-state index contributed by atoms with van der Waals surface area (Å²) in [6.07, 6.45) is 0. The lowest BCUT2D eigenvalue weighted by Crippen LogP contribution is -2.02. The Morgan fingerprint density at radius 3 is 2.45 bits per heavy atom. The Balaban J connectivity index is 2.00. The summed E-state index contributed by atoms with van der Waals surface area (Å²) in [6.45, 7) is 2.82. The minimum absolute atomic E-state index is 0.403. The van der Waals surface area contributed by atoms with Crippen LogP contribution < -0.4 is 19.9 Å². The normalized spacial score (nSPS) is 10.1. The minimum Gasteiger partial charge on any atom is -0.497 e. The lowest BCUT2D eigenvalue weighted by atomic mass is 10.2. The fraction of sp³-hybridized carbons (Fsp3) is 0.267. The Bertz CT molecular complexity index is 556. The standard InChI is InChI=1S/C15H18N2O3/c1-3-19-15-13(16)8-9-14(17-15)20-10-11-4-6-12(18-2)7-5-11/h4-9H,3,10,16H2,1-2H3. The molecule has 0 unspecified atom stereocenters. The summed E-state index contributed by atoms with van der Waals surface area (Å²) in [6, 6.07) is 11.1. The first-order chi connectivity index (χ1) is 9.72. The first-order valence-corrected chi connectivity index (χ1v) is 6.38. The van der Waals surface area contributed by atoms with Gasteiger partial charge in [0.25, 0.3) is 0 Å². The number of nitrogens with two attached hydrogens (primary N) is 1. The van der Waals surface area contributed by atoms with E-state index >= 15 is 0 Å². The maximum absolute atomic E-state index is 5.76. The van der Waals surface area contributed by atoms with E-state index in [1.54, 1.807) is 19.2 Å². The van der Waals surface area contributed by atoms with Crippen LogP contribution in [0.25, 0.3) is 0 Å². The van der Waals surface area contributed by atoms with Crippen LogP contribution in [-0.4, -0.2) is 18.7 Å². The molecule has 2 N–H and O–H groups in total. The van der Waals surface area contributed by atoms with Crippen molar-refractivity contribution >= 4 is 5.69 Å². The van der Waals surface area contributed by atoms with Crippen molar-refractivity contribution in [3.8, 4) is 17.5 Å². The molecule has 0 radical (unpaired) electrons. The highest BCUT2D eigenvalue weighted by atomic mass is 16.5. The molecule has 5 heteroatoms. The van der Waals surface area contributed by atoms with Gasteiger partial charge in [-0.3, -0.25) is 0 Å². The molecule has 0 spiro atoms. The highest BCUT2D eigenvalue weighted by molar-refractivity contribution is 5.49. The number of nitrogen functional groups attached to an aromatic ring is 1. The van der Waals surface area contributed by atoms with E-state index in [-0.39, 0.29) is 0 Å². The average molecular weight is 274 g/mol. The fourth-order valence-electron chi connectivity index (χ4n) is 1.65. The van der Waals surface area contributed by atoms with Gasteiger partial charge < -0.3 is 19.9 Å². The van der Waals surface area contributed by atoms with Crippen molar-refractivity contribution in [1.82, 2.24) is 4.98 Å². The maximum atomic E-state index is 5.76. The monoisotopic (exact) mass is 274 g/mol. The summed E-state index contributed by atoms with van der Waals surface area (Å²) in [5.74, 6) is 1.70. The van der Waals surface area contributed by atoms with E-state index in [0.29, 0.717) is 30.7 Å². The van der Waals surface area contributed by atoms with Crippen LogP contribution in [0.2, 0.25) is 0 Å². The molecular formula is C15H18N2O3.